The molecule has 17 heavy (non-hydrogen) atoms. The van der Waals surface area contributed by atoms with E-state index in [9.17, 15) is 16.8 Å². The number of hydrogen-bond donors (Lipinski definition) is 1. The van der Waals surface area contributed by atoms with E-state index >= 15 is 0 Å². The molecule has 6 nitrogen and oxygen atoms in total. The maximum absolute atomic E-state index is 11.8. The molecule has 0 aromatic carbocycles. The zero-order chi connectivity index (χ0) is 12.9. The van der Waals surface area contributed by atoms with Crippen molar-refractivity contribution in [3.8, 4) is 0 Å². The van der Waals surface area contributed by atoms with Crippen molar-refractivity contribution in [3.05, 3.63) is 0 Å². The van der Waals surface area contributed by atoms with Crippen LogP contribution in [-0.4, -0.2) is 52.3 Å². The SMILES string of the molecule is CCCS(=O)(=O)NCCS(=O)(=O)N1CCCC1. The van der Waals surface area contributed by atoms with Crippen LogP contribution < -0.4 is 4.72 Å². The topological polar surface area (TPSA) is 83.5 Å². The minimum absolute atomic E-state index is 0.0385. The fourth-order valence-corrected chi connectivity index (χ4v) is 4.42. The van der Waals surface area contributed by atoms with Crippen LogP contribution in [0.5, 0.6) is 0 Å². The quantitative estimate of drug-likeness (QED) is 0.698. The van der Waals surface area contributed by atoms with Crippen molar-refractivity contribution in [2.24, 2.45) is 0 Å². The van der Waals surface area contributed by atoms with Gasteiger partial charge in [-0.15, -0.1) is 0 Å². The van der Waals surface area contributed by atoms with Gasteiger partial charge in [0.2, 0.25) is 20.0 Å². The molecule has 1 N–H and O–H groups in total. The maximum Gasteiger partial charge on any atom is 0.215 e. The lowest BCUT2D eigenvalue weighted by atomic mass is 10.4. The highest BCUT2D eigenvalue weighted by Gasteiger charge is 2.25. The number of nitrogens with one attached hydrogen (secondary N) is 1. The summed E-state index contributed by atoms with van der Waals surface area (Å²) in [6.45, 7) is 2.84. The van der Waals surface area contributed by atoms with Gasteiger partial charge >= 0.3 is 0 Å². The molecule has 0 aromatic rings. The predicted molar refractivity (Wildman–Crippen MR) is 66.7 cm³/mol. The molecule has 0 aliphatic carbocycles. The molecule has 0 aromatic heterocycles. The Balaban J connectivity index is 2.40. The van der Waals surface area contributed by atoms with E-state index in [4.69, 9.17) is 0 Å². The van der Waals surface area contributed by atoms with E-state index in [0.29, 0.717) is 19.5 Å². The molecule has 1 fully saturated rings. The molecule has 1 rings (SSSR count). The van der Waals surface area contributed by atoms with E-state index in [0.717, 1.165) is 12.8 Å². The molecular weight excluding hydrogens is 264 g/mol. The molecule has 0 spiro atoms. The van der Waals surface area contributed by atoms with Crippen molar-refractivity contribution in [1.29, 1.82) is 0 Å². The zero-order valence-electron chi connectivity index (χ0n) is 10.1. The number of sulfonamides is 2. The van der Waals surface area contributed by atoms with Crippen molar-refractivity contribution >= 4 is 20.0 Å². The highest BCUT2D eigenvalue weighted by molar-refractivity contribution is 7.90. The summed E-state index contributed by atoms with van der Waals surface area (Å²) in [6.07, 6.45) is 2.30. The van der Waals surface area contributed by atoms with Crippen LogP contribution in [-0.2, 0) is 20.0 Å². The van der Waals surface area contributed by atoms with Crippen molar-refractivity contribution in [1.82, 2.24) is 9.03 Å². The van der Waals surface area contributed by atoms with Crippen LogP contribution in [0, 0.1) is 0 Å². The van der Waals surface area contributed by atoms with Gasteiger partial charge in [0.15, 0.2) is 0 Å². The van der Waals surface area contributed by atoms with E-state index in [2.05, 4.69) is 4.72 Å². The molecule has 1 saturated heterocycles. The van der Waals surface area contributed by atoms with Gasteiger partial charge in [0.25, 0.3) is 0 Å². The molecule has 0 amide bonds. The molecule has 0 unspecified atom stereocenters. The van der Waals surface area contributed by atoms with Crippen LogP contribution in [0.15, 0.2) is 0 Å². The molecule has 1 aliphatic heterocycles. The first-order valence-electron chi connectivity index (χ1n) is 5.82. The van der Waals surface area contributed by atoms with Crippen LogP contribution in [0.1, 0.15) is 26.2 Å². The Labute approximate surface area is 103 Å². The van der Waals surface area contributed by atoms with Gasteiger partial charge < -0.3 is 0 Å². The first kappa shape index (κ1) is 14.9. The van der Waals surface area contributed by atoms with Gasteiger partial charge in [-0.1, -0.05) is 6.92 Å². The molecule has 0 saturated carbocycles. The molecule has 0 bridgehead atoms. The van der Waals surface area contributed by atoms with Crippen LogP contribution in [0.3, 0.4) is 0 Å². The third kappa shape index (κ3) is 4.90. The van der Waals surface area contributed by atoms with Crippen LogP contribution in [0.25, 0.3) is 0 Å². The first-order valence-corrected chi connectivity index (χ1v) is 9.09. The third-order valence-electron chi connectivity index (χ3n) is 2.61. The smallest absolute Gasteiger partial charge is 0.214 e. The standard InChI is InChI=1S/C9H20N2O4S2/c1-2-8-16(12,13)10-5-9-17(14,15)11-6-3-4-7-11/h10H,2-9H2,1H3. The van der Waals surface area contributed by atoms with Gasteiger partial charge in [-0.05, 0) is 19.3 Å². The van der Waals surface area contributed by atoms with E-state index < -0.39 is 20.0 Å². The Morgan fingerprint density at radius 3 is 2.18 bits per heavy atom. The van der Waals surface area contributed by atoms with E-state index in [1.165, 1.54) is 4.31 Å². The summed E-state index contributed by atoms with van der Waals surface area (Å²) in [7, 11) is -6.60. The van der Waals surface area contributed by atoms with E-state index in [1.54, 1.807) is 6.92 Å². The van der Waals surface area contributed by atoms with E-state index in [-0.39, 0.29) is 18.1 Å². The van der Waals surface area contributed by atoms with E-state index in [1.807, 2.05) is 0 Å². The summed E-state index contributed by atoms with van der Waals surface area (Å²) in [4.78, 5) is 0. The summed E-state index contributed by atoms with van der Waals surface area (Å²) >= 11 is 0. The fourth-order valence-electron chi connectivity index (χ4n) is 1.76. The summed E-state index contributed by atoms with van der Waals surface area (Å²) in [5.41, 5.74) is 0. The first-order chi connectivity index (χ1) is 7.87. The lowest BCUT2D eigenvalue weighted by molar-refractivity contribution is 0.477. The van der Waals surface area contributed by atoms with Gasteiger partial charge in [0.1, 0.15) is 0 Å². The molecule has 1 aliphatic rings. The second-order valence-corrected chi connectivity index (χ2v) is 8.15. The fraction of sp³-hybridized carbons (Fsp3) is 1.00. The highest BCUT2D eigenvalue weighted by atomic mass is 32.2. The summed E-state index contributed by atoms with van der Waals surface area (Å²) in [5.74, 6) is -0.118. The lowest BCUT2D eigenvalue weighted by Gasteiger charge is -2.15. The Morgan fingerprint density at radius 1 is 1.06 bits per heavy atom. The number of rotatable bonds is 7. The average Bonchev–Trinajstić information content (AvgIpc) is 2.69. The van der Waals surface area contributed by atoms with Gasteiger partial charge in [-0.2, -0.15) is 0 Å². The maximum atomic E-state index is 11.8. The predicted octanol–water partition coefficient (Wildman–Crippen LogP) is -0.259. The minimum atomic E-state index is -3.31. The lowest BCUT2D eigenvalue weighted by Crippen LogP contribution is -2.36. The summed E-state index contributed by atoms with van der Waals surface area (Å²) in [5, 5.41) is 0. The molecule has 0 atom stereocenters. The minimum Gasteiger partial charge on any atom is -0.214 e. The Hall–Kier alpha value is -0.180. The average molecular weight is 284 g/mol. The van der Waals surface area contributed by atoms with Crippen molar-refractivity contribution < 1.29 is 16.8 Å². The summed E-state index contributed by atoms with van der Waals surface area (Å²) < 4.78 is 49.9. The Morgan fingerprint density at radius 2 is 1.65 bits per heavy atom. The molecule has 102 valence electrons. The summed E-state index contributed by atoms with van der Waals surface area (Å²) in [6, 6.07) is 0. The largest absolute Gasteiger partial charge is 0.215 e. The number of hydrogen-bond acceptors (Lipinski definition) is 4. The zero-order valence-corrected chi connectivity index (χ0v) is 11.7. The Bertz CT molecular complexity index is 424. The van der Waals surface area contributed by atoms with Crippen LogP contribution >= 0.6 is 0 Å². The second kappa shape index (κ2) is 6.12. The van der Waals surface area contributed by atoms with Gasteiger partial charge in [0, 0.05) is 19.6 Å². The second-order valence-electron chi connectivity index (χ2n) is 4.14. The van der Waals surface area contributed by atoms with Gasteiger partial charge in [-0.25, -0.2) is 25.9 Å². The van der Waals surface area contributed by atoms with Crippen LogP contribution in [0.4, 0.5) is 0 Å². The third-order valence-corrected chi connectivity index (χ3v) is 6.07. The molecule has 0 radical (unpaired) electrons. The molecule has 1 heterocycles. The Kier molecular flexibility index (Phi) is 5.36. The highest BCUT2D eigenvalue weighted by Crippen LogP contribution is 2.12. The van der Waals surface area contributed by atoms with Crippen molar-refractivity contribution in [2.75, 3.05) is 31.1 Å². The van der Waals surface area contributed by atoms with Crippen LogP contribution in [0.2, 0.25) is 0 Å². The van der Waals surface area contributed by atoms with Gasteiger partial charge in [-0.3, -0.25) is 0 Å². The number of nitrogens with zero attached hydrogens (tertiary/aromatic N) is 1. The van der Waals surface area contributed by atoms with Crippen molar-refractivity contribution in [2.45, 2.75) is 26.2 Å². The monoisotopic (exact) mass is 284 g/mol. The molecule has 8 heteroatoms. The van der Waals surface area contributed by atoms with Crippen molar-refractivity contribution in [3.63, 3.8) is 0 Å². The van der Waals surface area contributed by atoms with Gasteiger partial charge in [0.05, 0.1) is 11.5 Å². The normalized spacial score (nSPS) is 18.6. The molecular formula is C9H20N2O4S2.